The average molecular weight is 256 g/mol. The van der Waals surface area contributed by atoms with E-state index in [4.69, 9.17) is 5.11 Å². The third-order valence-electron chi connectivity index (χ3n) is 3.42. The molecule has 0 radical (unpaired) electrons. The molecule has 5 heteroatoms. The molecular weight excluding hydrogens is 232 g/mol. The Morgan fingerprint density at radius 3 is 2.39 bits per heavy atom. The number of carboxylic acid groups (broad SMARTS) is 1. The molecule has 0 aromatic rings. The van der Waals surface area contributed by atoms with Crippen LogP contribution in [0.2, 0.25) is 0 Å². The van der Waals surface area contributed by atoms with E-state index in [0.29, 0.717) is 30.7 Å². The number of hydrogen-bond donors (Lipinski definition) is 3. The molecule has 1 saturated carbocycles. The molecule has 18 heavy (non-hydrogen) atoms. The van der Waals surface area contributed by atoms with Crippen molar-refractivity contribution in [2.75, 3.05) is 13.1 Å². The minimum Gasteiger partial charge on any atom is -0.481 e. The third-order valence-corrected chi connectivity index (χ3v) is 3.42. The van der Waals surface area contributed by atoms with Crippen LogP contribution in [-0.2, 0) is 4.79 Å². The van der Waals surface area contributed by atoms with Gasteiger partial charge in [-0.1, -0.05) is 20.8 Å². The van der Waals surface area contributed by atoms with Crippen molar-refractivity contribution in [2.45, 2.75) is 33.6 Å². The Hall–Kier alpha value is -1.26. The highest BCUT2D eigenvalue weighted by Gasteiger charge is 2.32. The van der Waals surface area contributed by atoms with E-state index in [1.807, 2.05) is 13.8 Å². The molecular formula is C13H24N2O3. The molecule has 104 valence electrons. The number of amides is 2. The van der Waals surface area contributed by atoms with E-state index in [1.165, 1.54) is 6.42 Å². The lowest BCUT2D eigenvalue weighted by molar-refractivity contribution is -0.142. The van der Waals surface area contributed by atoms with Gasteiger partial charge in [0.25, 0.3) is 0 Å². The SMILES string of the molecule is CC(C)CC(CNC(=O)NCC1CC1C)C(=O)O. The van der Waals surface area contributed by atoms with Crippen LogP contribution in [0.4, 0.5) is 4.79 Å². The topological polar surface area (TPSA) is 78.4 Å². The number of rotatable bonds is 7. The van der Waals surface area contributed by atoms with E-state index < -0.39 is 11.9 Å². The molecule has 0 aliphatic heterocycles. The van der Waals surface area contributed by atoms with Crippen molar-refractivity contribution in [1.82, 2.24) is 10.6 Å². The second-order valence-electron chi connectivity index (χ2n) is 5.73. The number of nitrogens with one attached hydrogen (secondary N) is 2. The van der Waals surface area contributed by atoms with Gasteiger partial charge in [-0.05, 0) is 30.6 Å². The maximum Gasteiger partial charge on any atom is 0.314 e. The predicted molar refractivity (Wildman–Crippen MR) is 69.3 cm³/mol. The highest BCUT2D eigenvalue weighted by atomic mass is 16.4. The van der Waals surface area contributed by atoms with Gasteiger partial charge in [0.15, 0.2) is 0 Å². The summed E-state index contributed by atoms with van der Waals surface area (Å²) in [5.41, 5.74) is 0. The van der Waals surface area contributed by atoms with Gasteiger partial charge in [-0.15, -0.1) is 0 Å². The van der Waals surface area contributed by atoms with E-state index >= 15 is 0 Å². The minimum absolute atomic E-state index is 0.194. The highest BCUT2D eigenvalue weighted by molar-refractivity contribution is 5.75. The zero-order valence-electron chi connectivity index (χ0n) is 11.4. The first-order valence-corrected chi connectivity index (χ1v) is 6.64. The first-order chi connectivity index (χ1) is 8.40. The van der Waals surface area contributed by atoms with Gasteiger partial charge in [0, 0.05) is 13.1 Å². The molecule has 5 nitrogen and oxygen atoms in total. The number of aliphatic carboxylic acids is 1. The van der Waals surface area contributed by atoms with Crippen LogP contribution in [0, 0.1) is 23.7 Å². The summed E-state index contributed by atoms with van der Waals surface area (Å²) in [6.45, 7) is 7.00. The molecule has 2 amide bonds. The summed E-state index contributed by atoms with van der Waals surface area (Å²) >= 11 is 0. The summed E-state index contributed by atoms with van der Waals surface area (Å²) in [5.74, 6) is 0.262. The van der Waals surface area contributed by atoms with E-state index in [2.05, 4.69) is 17.6 Å². The Kier molecular flexibility index (Phi) is 5.44. The van der Waals surface area contributed by atoms with Crippen LogP contribution >= 0.6 is 0 Å². The Morgan fingerprint density at radius 1 is 1.33 bits per heavy atom. The molecule has 0 bridgehead atoms. The van der Waals surface area contributed by atoms with Gasteiger partial charge in [0.1, 0.15) is 0 Å². The number of carboxylic acids is 1. The highest BCUT2D eigenvalue weighted by Crippen LogP contribution is 2.36. The second kappa shape index (κ2) is 6.61. The Labute approximate surface area is 108 Å². The fraction of sp³-hybridized carbons (Fsp3) is 0.846. The van der Waals surface area contributed by atoms with Crippen molar-refractivity contribution in [3.05, 3.63) is 0 Å². The van der Waals surface area contributed by atoms with Gasteiger partial charge >= 0.3 is 12.0 Å². The smallest absolute Gasteiger partial charge is 0.314 e. The number of carbonyl (C=O) groups excluding carboxylic acids is 1. The lowest BCUT2D eigenvalue weighted by Gasteiger charge is -2.15. The van der Waals surface area contributed by atoms with Crippen molar-refractivity contribution in [1.29, 1.82) is 0 Å². The monoisotopic (exact) mass is 256 g/mol. The van der Waals surface area contributed by atoms with Crippen LogP contribution in [0.1, 0.15) is 33.6 Å². The average Bonchev–Trinajstić information content (AvgIpc) is 2.97. The second-order valence-corrected chi connectivity index (χ2v) is 5.73. The van der Waals surface area contributed by atoms with Gasteiger partial charge in [-0.3, -0.25) is 4.79 Å². The minimum atomic E-state index is -0.847. The van der Waals surface area contributed by atoms with Gasteiger partial charge in [-0.2, -0.15) is 0 Å². The summed E-state index contributed by atoms with van der Waals surface area (Å²) in [4.78, 5) is 22.5. The van der Waals surface area contributed by atoms with Crippen LogP contribution in [0.15, 0.2) is 0 Å². The maximum atomic E-state index is 11.5. The lowest BCUT2D eigenvalue weighted by atomic mass is 9.97. The molecule has 1 aliphatic rings. The van der Waals surface area contributed by atoms with Crippen LogP contribution in [0.5, 0.6) is 0 Å². The standard InChI is InChI=1S/C13H24N2O3/c1-8(2)4-11(12(16)17)7-15-13(18)14-6-10-5-9(10)3/h8-11H,4-7H2,1-3H3,(H,16,17)(H2,14,15,18). The van der Waals surface area contributed by atoms with E-state index in [-0.39, 0.29) is 12.6 Å². The Bertz CT molecular complexity index is 305. The van der Waals surface area contributed by atoms with Crippen molar-refractivity contribution in [2.24, 2.45) is 23.7 Å². The van der Waals surface area contributed by atoms with Gasteiger partial charge in [0.2, 0.25) is 0 Å². The summed E-state index contributed by atoms with van der Waals surface area (Å²) in [6, 6.07) is -0.260. The molecule has 0 aromatic carbocycles. The molecule has 0 saturated heterocycles. The molecule has 1 aliphatic carbocycles. The number of urea groups is 1. The van der Waals surface area contributed by atoms with Crippen LogP contribution < -0.4 is 10.6 Å². The van der Waals surface area contributed by atoms with Gasteiger partial charge in [-0.25, -0.2) is 4.79 Å². The molecule has 0 spiro atoms. The molecule has 0 heterocycles. The summed E-state index contributed by atoms with van der Waals surface area (Å²) in [5, 5.41) is 14.4. The Balaban J connectivity index is 2.19. The van der Waals surface area contributed by atoms with E-state index in [0.717, 1.165) is 0 Å². The molecule has 1 rings (SSSR count). The van der Waals surface area contributed by atoms with Crippen molar-refractivity contribution in [3.63, 3.8) is 0 Å². The zero-order chi connectivity index (χ0) is 13.7. The molecule has 3 atom stereocenters. The maximum absolute atomic E-state index is 11.5. The largest absolute Gasteiger partial charge is 0.481 e. The number of hydrogen-bond acceptors (Lipinski definition) is 2. The van der Waals surface area contributed by atoms with Crippen molar-refractivity contribution < 1.29 is 14.7 Å². The molecule has 0 aromatic heterocycles. The summed E-state index contributed by atoms with van der Waals surface area (Å²) < 4.78 is 0. The molecule has 3 N–H and O–H groups in total. The lowest BCUT2D eigenvalue weighted by Crippen LogP contribution is -2.41. The first kappa shape index (κ1) is 14.8. The van der Waals surface area contributed by atoms with E-state index in [1.54, 1.807) is 0 Å². The third kappa shape index (κ3) is 5.38. The zero-order valence-corrected chi connectivity index (χ0v) is 11.4. The van der Waals surface area contributed by atoms with Crippen LogP contribution in [0.25, 0.3) is 0 Å². The van der Waals surface area contributed by atoms with Gasteiger partial charge in [0.05, 0.1) is 5.92 Å². The Morgan fingerprint density at radius 2 is 1.94 bits per heavy atom. The number of carbonyl (C=O) groups is 2. The fourth-order valence-corrected chi connectivity index (χ4v) is 2.03. The molecule has 1 fully saturated rings. The predicted octanol–water partition coefficient (Wildman–Crippen LogP) is 1.69. The summed E-state index contributed by atoms with van der Waals surface area (Å²) in [7, 11) is 0. The summed E-state index contributed by atoms with van der Waals surface area (Å²) in [6.07, 6.45) is 1.75. The quantitative estimate of drug-likeness (QED) is 0.648. The van der Waals surface area contributed by atoms with Gasteiger partial charge < -0.3 is 15.7 Å². The van der Waals surface area contributed by atoms with Crippen molar-refractivity contribution >= 4 is 12.0 Å². The van der Waals surface area contributed by atoms with Crippen molar-refractivity contribution in [3.8, 4) is 0 Å². The first-order valence-electron chi connectivity index (χ1n) is 6.64. The van der Waals surface area contributed by atoms with E-state index in [9.17, 15) is 9.59 Å². The van der Waals surface area contributed by atoms with Crippen LogP contribution in [-0.4, -0.2) is 30.2 Å². The fourth-order valence-electron chi connectivity index (χ4n) is 2.03. The van der Waals surface area contributed by atoms with Crippen LogP contribution in [0.3, 0.4) is 0 Å². The molecule has 3 unspecified atom stereocenters. The normalized spacial score (nSPS) is 23.6.